The Morgan fingerprint density at radius 1 is 1.30 bits per heavy atom. The fraction of sp³-hybridized carbons (Fsp3) is 0.412. The number of hydrogen-bond acceptors (Lipinski definition) is 3. The highest BCUT2D eigenvalue weighted by Crippen LogP contribution is 2.18. The maximum Gasteiger partial charge on any atom is 0.319 e. The van der Waals surface area contributed by atoms with E-state index in [1.54, 1.807) is 6.20 Å². The number of nitrogens with one attached hydrogen (secondary N) is 2. The number of carbonyl (C=O) groups is 1. The smallest absolute Gasteiger partial charge is 0.319 e. The zero-order valence-corrected chi connectivity index (χ0v) is 13.8. The van der Waals surface area contributed by atoms with E-state index in [1.807, 2.05) is 62.0 Å². The van der Waals surface area contributed by atoms with E-state index < -0.39 is 6.10 Å². The molecule has 0 fully saturated rings. The third-order valence-electron chi connectivity index (χ3n) is 3.57. The molecular weight excluding hydrogens is 292 g/mol. The molecular formula is C17H24N4O2. The van der Waals surface area contributed by atoms with Gasteiger partial charge in [-0.25, -0.2) is 4.79 Å². The standard InChI is InChI=1S/C17H24N4O2/c1-17(2,3)15(22)11-18-16(23)20-14-7-5-13(6-8-14)12-21-10-4-9-19-21/h4-10,15,22H,11-12H2,1-3H3,(H2,18,20,23). The molecule has 1 aromatic carbocycles. The van der Waals surface area contributed by atoms with Crippen molar-refractivity contribution in [2.24, 2.45) is 5.41 Å². The molecule has 0 bridgehead atoms. The largest absolute Gasteiger partial charge is 0.391 e. The molecule has 1 atom stereocenters. The fourth-order valence-electron chi connectivity index (χ4n) is 1.95. The molecule has 2 rings (SSSR count). The summed E-state index contributed by atoms with van der Waals surface area (Å²) in [4.78, 5) is 11.8. The predicted molar refractivity (Wildman–Crippen MR) is 90.3 cm³/mol. The van der Waals surface area contributed by atoms with Crippen molar-refractivity contribution in [2.45, 2.75) is 33.4 Å². The predicted octanol–water partition coefficient (Wildman–Crippen LogP) is 2.46. The highest BCUT2D eigenvalue weighted by atomic mass is 16.3. The molecule has 0 aliphatic carbocycles. The average Bonchev–Trinajstić information content (AvgIpc) is 2.99. The topological polar surface area (TPSA) is 79.2 Å². The quantitative estimate of drug-likeness (QED) is 0.793. The van der Waals surface area contributed by atoms with Crippen molar-refractivity contribution < 1.29 is 9.90 Å². The second-order valence-electron chi connectivity index (χ2n) is 6.62. The Morgan fingerprint density at radius 3 is 2.57 bits per heavy atom. The van der Waals surface area contributed by atoms with Gasteiger partial charge in [-0.15, -0.1) is 0 Å². The Balaban J connectivity index is 1.82. The van der Waals surface area contributed by atoms with Gasteiger partial charge < -0.3 is 15.7 Å². The van der Waals surface area contributed by atoms with Crippen molar-refractivity contribution in [2.75, 3.05) is 11.9 Å². The molecule has 2 amide bonds. The number of rotatable bonds is 5. The van der Waals surface area contributed by atoms with Gasteiger partial charge in [0.2, 0.25) is 0 Å². The molecule has 0 spiro atoms. The number of aliphatic hydroxyl groups is 1. The summed E-state index contributed by atoms with van der Waals surface area (Å²) < 4.78 is 1.84. The van der Waals surface area contributed by atoms with Crippen molar-refractivity contribution in [3.8, 4) is 0 Å². The lowest BCUT2D eigenvalue weighted by atomic mass is 9.89. The molecule has 3 N–H and O–H groups in total. The van der Waals surface area contributed by atoms with Crippen LogP contribution in [-0.4, -0.2) is 33.6 Å². The molecule has 0 radical (unpaired) electrons. The molecule has 0 saturated carbocycles. The van der Waals surface area contributed by atoms with E-state index in [4.69, 9.17) is 0 Å². The molecule has 6 heteroatoms. The Labute approximate surface area is 136 Å². The van der Waals surface area contributed by atoms with E-state index in [0.29, 0.717) is 12.2 Å². The maximum atomic E-state index is 11.8. The monoisotopic (exact) mass is 316 g/mol. The normalized spacial score (nSPS) is 12.7. The Bertz CT molecular complexity index is 615. The second-order valence-corrected chi connectivity index (χ2v) is 6.62. The lowest BCUT2D eigenvalue weighted by Crippen LogP contribution is -2.40. The lowest BCUT2D eigenvalue weighted by molar-refractivity contribution is 0.0654. The maximum absolute atomic E-state index is 11.8. The molecule has 1 unspecified atom stereocenters. The molecule has 1 heterocycles. The summed E-state index contributed by atoms with van der Waals surface area (Å²) in [5, 5.41) is 19.5. The van der Waals surface area contributed by atoms with Gasteiger partial charge in [0.1, 0.15) is 0 Å². The molecule has 23 heavy (non-hydrogen) atoms. The molecule has 2 aromatic rings. The van der Waals surface area contributed by atoms with Crippen LogP contribution in [0.2, 0.25) is 0 Å². The first-order valence-electron chi connectivity index (χ1n) is 7.64. The van der Waals surface area contributed by atoms with Crippen molar-refractivity contribution in [3.63, 3.8) is 0 Å². The minimum absolute atomic E-state index is 0.215. The average molecular weight is 316 g/mol. The Kier molecular flexibility index (Phi) is 5.39. The van der Waals surface area contributed by atoms with Crippen molar-refractivity contribution in [1.29, 1.82) is 0 Å². The summed E-state index contributed by atoms with van der Waals surface area (Å²) in [5.74, 6) is 0. The van der Waals surface area contributed by atoms with E-state index >= 15 is 0 Å². The van der Waals surface area contributed by atoms with Crippen molar-refractivity contribution >= 4 is 11.7 Å². The number of aromatic nitrogens is 2. The van der Waals surface area contributed by atoms with Crippen molar-refractivity contribution in [3.05, 3.63) is 48.3 Å². The summed E-state index contributed by atoms with van der Waals surface area (Å²) in [6.45, 7) is 6.69. The van der Waals surface area contributed by atoms with E-state index in [9.17, 15) is 9.90 Å². The van der Waals surface area contributed by atoms with Gasteiger partial charge in [-0.1, -0.05) is 32.9 Å². The van der Waals surface area contributed by atoms with Gasteiger partial charge in [-0.05, 0) is 29.2 Å². The first-order chi connectivity index (χ1) is 10.8. The van der Waals surface area contributed by atoms with Gasteiger partial charge in [-0.3, -0.25) is 4.68 Å². The molecule has 6 nitrogen and oxygen atoms in total. The number of urea groups is 1. The minimum Gasteiger partial charge on any atom is -0.391 e. The van der Waals surface area contributed by atoms with Gasteiger partial charge in [0.25, 0.3) is 0 Å². The van der Waals surface area contributed by atoms with E-state index in [0.717, 1.165) is 5.56 Å². The zero-order valence-electron chi connectivity index (χ0n) is 13.8. The lowest BCUT2D eigenvalue weighted by Gasteiger charge is -2.25. The number of anilines is 1. The minimum atomic E-state index is -0.593. The fourth-order valence-corrected chi connectivity index (χ4v) is 1.95. The number of benzene rings is 1. The van der Waals surface area contributed by atoms with Gasteiger partial charge in [0, 0.05) is 24.6 Å². The first-order valence-corrected chi connectivity index (χ1v) is 7.64. The van der Waals surface area contributed by atoms with Gasteiger partial charge in [0.05, 0.1) is 12.6 Å². The van der Waals surface area contributed by atoms with Crippen molar-refractivity contribution in [1.82, 2.24) is 15.1 Å². The van der Waals surface area contributed by atoms with Gasteiger partial charge in [-0.2, -0.15) is 5.10 Å². The molecule has 0 saturated heterocycles. The SMILES string of the molecule is CC(C)(C)C(O)CNC(=O)Nc1ccc(Cn2cccn2)cc1. The van der Waals surface area contributed by atoms with Crippen LogP contribution in [0.4, 0.5) is 10.5 Å². The van der Waals surface area contributed by atoms with E-state index in [-0.39, 0.29) is 18.0 Å². The van der Waals surface area contributed by atoms with Crippen LogP contribution in [0.25, 0.3) is 0 Å². The van der Waals surface area contributed by atoms with E-state index in [2.05, 4.69) is 15.7 Å². The van der Waals surface area contributed by atoms with Gasteiger partial charge >= 0.3 is 6.03 Å². The first kappa shape index (κ1) is 17.0. The second kappa shape index (κ2) is 7.28. The number of hydrogen-bond donors (Lipinski definition) is 3. The van der Waals surface area contributed by atoms with Crippen LogP contribution in [0, 0.1) is 5.41 Å². The molecule has 1 aromatic heterocycles. The van der Waals surface area contributed by atoms with Crippen LogP contribution in [0.3, 0.4) is 0 Å². The highest BCUT2D eigenvalue weighted by Gasteiger charge is 2.22. The highest BCUT2D eigenvalue weighted by molar-refractivity contribution is 5.89. The van der Waals surface area contributed by atoms with Crippen LogP contribution >= 0.6 is 0 Å². The Morgan fingerprint density at radius 2 is 2.00 bits per heavy atom. The summed E-state index contributed by atoms with van der Waals surface area (Å²) in [6, 6.07) is 9.14. The number of nitrogens with zero attached hydrogens (tertiary/aromatic N) is 2. The molecule has 124 valence electrons. The summed E-state index contributed by atoms with van der Waals surface area (Å²) in [6.07, 6.45) is 3.05. The summed E-state index contributed by atoms with van der Waals surface area (Å²) >= 11 is 0. The summed E-state index contributed by atoms with van der Waals surface area (Å²) in [7, 11) is 0. The van der Waals surface area contributed by atoms with Crippen LogP contribution in [0.1, 0.15) is 26.3 Å². The summed E-state index contributed by atoms with van der Waals surface area (Å²) in [5.41, 5.74) is 1.54. The molecule has 0 aliphatic rings. The molecule has 0 aliphatic heterocycles. The van der Waals surface area contributed by atoms with Crippen LogP contribution in [0.5, 0.6) is 0 Å². The number of carbonyl (C=O) groups excluding carboxylic acids is 1. The third kappa shape index (κ3) is 5.41. The van der Waals surface area contributed by atoms with Crippen LogP contribution in [-0.2, 0) is 6.54 Å². The third-order valence-corrected chi connectivity index (χ3v) is 3.57. The zero-order chi connectivity index (χ0) is 16.9. The van der Waals surface area contributed by atoms with Crippen LogP contribution in [0.15, 0.2) is 42.7 Å². The van der Waals surface area contributed by atoms with Crippen LogP contribution < -0.4 is 10.6 Å². The Hall–Kier alpha value is -2.34. The number of amides is 2. The van der Waals surface area contributed by atoms with E-state index in [1.165, 1.54) is 0 Å². The number of aliphatic hydroxyl groups excluding tert-OH is 1. The van der Waals surface area contributed by atoms with Gasteiger partial charge in [0.15, 0.2) is 0 Å².